The lowest BCUT2D eigenvalue weighted by Crippen LogP contribution is -2.37. The number of ether oxygens (including phenoxy) is 3. The van der Waals surface area contributed by atoms with Crippen molar-refractivity contribution < 1.29 is 19.0 Å². The molecule has 0 spiro atoms. The SMILES string of the molecule is COc1c2c(cc3c1C(Nc1ccc(C(N)=O)cc1)N(C)CC3)OCO2. The third kappa shape index (κ3) is 2.70. The number of nitrogens with zero attached hydrogens (tertiary/aromatic N) is 1. The first-order chi connectivity index (χ1) is 12.6. The standard InChI is InChI=1S/C19H21N3O4/c1-22-8-7-12-9-14-16(26-10-25-14)17(24-2)15(12)19(22)21-13-5-3-11(4-6-13)18(20)23/h3-6,9,19,21H,7-8,10H2,1-2H3,(H2,20,23). The van der Waals surface area contributed by atoms with Gasteiger partial charge in [-0.3, -0.25) is 9.69 Å². The average Bonchev–Trinajstić information content (AvgIpc) is 3.11. The number of carbonyl (C=O) groups excluding carboxylic acids is 1. The number of nitrogens with two attached hydrogens (primary N) is 1. The molecule has 3 N–H and O–H groups in total. The van der Waals surface area contributed by atoms with Crippen molar-refractivity contribution in [2.24, 2.45) is 5.73 Å². The monoisotopic (exact) mass is 355 g/mol. The smallest absolute Gasteiger partial charge is 0.248 e. The van der Waals surface area contributed by atoms with Crippen LogP contribution in [0.1, 0.15) is 27.7 Å². The maximum Gasteiger partial charge on any atom is 0.248 e. The van der Waals surface area contributed by atoms with Gasteiger partial charge in [0.1, 0.15) is 6.17 Å². The molecule has 1 atom stereocenters. The van der Waals surface area contributed by atoms with Gasteiger partial charge >= 0.3 is 0 Å². The zero-order chi connectivity index (χ0) is 18.3. The molecule has 2 aliphatic rings. The van der Waals surface area contributed by atoms with Crippen LogP contribution in [0.25, 0.3) is 0 Å². The molecule has 4 rings (SSSR count). The fraction of sp³-hybridized carbons (Fsp3) is 0.316. The molecule has 0 bridgehead atoms. The summed E-state index contributed by atoms with van der Waals surface area (Å²) in [6.45, 7) is 1.10. The van der Waals surface area contributed by atoms with Crippen LogP contribution in [-0.2, 0) is 6.42 Å². The normalized spacial score (nSPS) is 18.3. The van der Waals surface area contributed by atoms with Crippen molar-refractivity contribution in [3.8, 4) is 17.2 Å². The molecule has 0 radical (unpaired) electrons. The van der Waals surface area contributed by atoms with Gasteiger partial charge in [-0.15, -0.1) is 0 Å². The number of fused-ring (bicyclic) bond motifs is 2. The van der Waals surface area contributed by atoms with E-state index in [4.69, 9.17) is 19.9 Å². The highest BCUT2D eigenvalue weighted by Crippen LogP contribution is 2.49. The second-order valence-corrected chi connectivity index (χ2v) is 6.44. The van der Waals surface area contributed by atoms with Crippen molar-refractivity contribution in [1.29, 1.82) is 0 Å². The molecule has 0 aliphatic carbocycles. The quantitative estimate of drug-likeness (QED) is 0.874. The van der Waals surface area contributed by atoms with Gasteiger partial charge < -0.3 is 25.3 Å². The number of hydrogen-bond acceptors (Lipinski definition) is 6. The van der Waals surface area contributed by atoms with Gasteiger partial charge in [0.15, 0.2) is 11.5 Å². The number of anilines is 1. The Kier molecular flexibility index (Phi) is 4.08. The first-order valence-corrected chi connectivity index (χ1v) is 8.44. The minimum atomic E-state index is -0.439. The minimum Gasteiger partial charge on any atom is -0.492 e. The fourth-order valence-corrected chi connectivity index (χ4v) is 3.50. The number of carbonyl (C=O) groups is 1. The number of benzene rings is 2. The Morgan fingerprint density at radius 3 is 2.77 bits per heavy atom. The van der Waals surface area contributed by atoms with Crippen molar-refractivity contribution in [3.05, 3.63) is 47.0 Å². The number of hydrogen-bond donors (Lipinski definition) is 2. The lowest BCUT2D eigenvalue weighted by atomic mass is 9.94. The third-order valence-corrected chi connectivity index (χ3v) is 4.87. The lowest BCUT2D eigenvalue weighted by molar-refractivity contribution is 0.100. The van der Waals surface area contributed by atoms with E-state index in [1.165, 1.54) is 5.56 Å². The van der Waals surface area contributed by atoms with Gasteiger partial charge in [-0.25, -0.2) is 0 Å². The summed E-state index contributed by atoms with van der Waals surface area (Å²) in [6, 6.07) is 9.16. The van der Waals surface area contributed by atoms with Gasteiger partial charge in [0.05, 0.1) is 7.11 Å². The Morgan fingerprint density at radius 2 is 2.08 bits per heavy atom. The van der Waals surface area contributed by atoms with Crippen LogP contribution in [0, 0.1) is 0 Å². The van der Waals surface area contributed by atoms with Crippen LogP contribution in [0.3, 0.4) is 0 Å². The minimum absolute atomic E-state index is 0.0948. The van der Waals surface area contributed by atoms with E-state index in [9.17, 15) is 4.79 Å². The second kappa shape index (κ2) is 6.42. The van der Waals surface area contributed by atoms with E-state index in [1.807, 2.05) is 18.2 Å². The number of methoxy groups -OCH3 is 1. The molecule has 26 heavy (non-hydrogen) atoms. The van der Waals surface area contributed by atoms with Crippen molar-refractivity contribution in [2.45, 2.75) is 12.6 Å². The van der Waals surface area contributed by atoms with E-state index in [1.54, 1.807) is 19.2 Å². The van der Waals surface area contributed by atoms with Gasteiger partial charge in [-0.05, 0) is 49.4 Å². The highest BCUT2D eigenvalue weighted by Gasteiger charge is 2.33. The molecule has 2 heterocycles. The zero-order valence-corrected chi connectivity index (χ0v) is 14.7. The van der Waals surface area contributed by atoms with Crippen LogP contribution < -0.4 is 25.3 Å². The van der Waals surface area contributed by atoms with E-state index >= 15 is 0 Å². The van der Waals surface area contributed by atoms with Crippen LogP contribution in [0.15, 0.2) is 30.3 Å². The third-order valence-electron chi connectivity index (χ3n) is 4.87. The van der Waals surface area contributed by atoms with Crippen LogP contribution >= 0.6 is 0 Å². The molecule has 7 heteroatoms. The van der Waals surface area contributed by atoms with Gasteiger partial charge in [-0.1, -0.05) is 0 Å². The molecule has 136 valence electrons. The Morgan fingerprint density at radius 1 is 1.31 bits per heavy atom. The summed E-state index contributed by atoms with van der Waals surface area (Å²) in [7, 11) is 3.70. The first-order valence-electron chi connectivity index (χ1n) is 8.44. The van der Waals surface area contributed by atoms with Gasteiger partial charge in [0.25, 0.3) is 0 Å². The van der Waals surface area contributed by atoms with Crippen molar-refractivity contribution in [1.82, 2.24) is 4.90 Å². The fourth-order valence-electron chi connectivity index (χ4n) is 3.50. The molecule has 1 amide bonds. The van der Waals surface area contributed by atoms with Crippen molar-refractivity contribution in [2.75, 3.05) is 32.8 Å². The number of nitrogens with one attached hydrogen (secondary N) is 1. The number of amides is 1. The van der Waals surface area contributed by atoms with Crippen LogP contribution in [0.4, 0.5) is 5.69 Å². The molecule has 7 nitrogen and oxygen atoms in total. The van der Waals surface area contributed by atoms with Crippen LogP contribution in [0.5, 0.6) is 17.2 Å². The van der Waals surface area contributed by atoms with Crippen LogP contribution in [-0.4, -0.2) is 38.3 Å². The molecule has 0 aromatic heterocycles. The van der Waals surface area contributed by atoms with Gasteiger partial charge in [-0.2, -0.15) is 0 Å². The highest BCUT2D eigenvalue weighted by atomic mass is 16.7. The van der Waals surface area contributed by atoms with Crippen molar-refractivity contribution in [3.63, 3.8) is 0 Å². The maximum absolute atomic E-state index is 11.3. The number of rotatable bonds is 4. The molecule has 1 unspecified atom stereocenters. The van der Waals surface area contributed by atoms with E-state index in [0.717, 1.165) is 30.0 Å². The molecule has 0 fully saturated rings. The summed E-state index contributed by atoms with van der Waals surface area (Å²) in [5.41, 5.74) is 8.90. The van der Waals surface area contributed by atoms with E-state index in [2.05, 4.69) is 17.3 Å². The highest BCUT2D eigenvalue weighted by molar-refractivity contribution is 5.93. The Hall–Kier alpha value is -2.93. The van der Waals surface area contributed by atoms with Gasteiger partial charge in [0.2, 0.25) is 18.4 Å². The Labute approximate surface area is 151 Å². The number of primary amides is 1. The summed E-state index contributed by atoms with van der Waals surface area (Å²) in [6.07, 6.45) is 0.806. The molecule has 2 aromatic rings. The first kappa shape index (κ1) is 16.5. The molecular weight excluding hydrogens is 334 g/mol. The van der Waals surface area contributed by atoms with E-state index in [0.29, 0.717) is 17.1 Å². The molecule has 2 aromatic carbocycles. The molecule has 0 saturated carbocycles. The summed E-state index contributed by atoms with van der Waals surface area (Å²) in [5, 5.41) is 3.52. The van der Waals surface area contributed by atoms with Crippen LogP contribution in [0.2, 0.25) is 0 Å². The summed E-state index contributed by atoms with van der Waals surface area (Å²) < 4.78 is 16.8. The predicted octanol–water partition coefficient (Wildman–Crippen LogP) is 2.12. The topological polar surface area (TPSA) is 86.0 Å². The predicted molar refractivity (Wildman–Crippen MR) is 96.8 cm³/mol. The van der Waals surface area contributed by atoms with Crippen molar-refractivity contribution >= 4 is 11.6 Å². The van der Waals surface area contributed by atoms with Gasteiger partial charge in [0, 0.05) is 23.4 Å². The summed E-state index contributed by atoms with van der Waals surface area (Å²) >= 11 is 0. The zero-order valence-electron chi connectivity index (χ0n) is 14.7. The van der Waals surface area contributed by atoms with E-state index < -0.39 is 5.91 Å². The molecular formula is C19H21N3O4. The number of likely N-dealkylation sites (N-methyl/N-ethyl adjacent to an activating group) is 1. The Balaban J connectivity index is 1.72. The maximum atomic E-state index is 11.3. The summed E-state index contributed by atoms with van der Waals surface area (Å²) in [4.78, 5) is 13.5. The Bertz CT molecular complexity index is 851. The second-order valence-electron chi connectivity index (χ2n) is 6.44. The van der Waals surface area contributed by atoms with E-state index in [-0.39, 0.29) is 13.0 Å². The average molecular weight is 355 g/mol. The summed E-state index contributed by atoms with van der Waals surface area (Å²) in [5.74, 6) is 1.64. The lowest BCUT2D eigenvalue weighted by Gasteiger charge is -2.36. The largest absolute Gasteiger partial charge is 0.492 e. The molecule has 0 saturated heterocycles. The molecule has 2 aliphatic heterocycles.